The third-order valence-corrected chi connectivity index (χ3v) is 11.5. The van der Waals surface area contributed by atoms with Gasteiger partial charge in [0.25, 0.3) is 17.7 Å². The monoisotopic (exact) mass is 792 g/mol. The van der Waals surface area contributed by atoms with Gasteiger partial charge < -0.3 is 36.0 Å². The second-order valence-corrected chi connectivity index (χ2v) is 15.2. The van der Waals surface area contributed by atoms with Gasteiger partial charge in [-0.15, -0.1) is 23.1 Å². The number of fused-ring (bicyclic) bond motifs is 1. The molecule has 3 fully saturated rings. The van der Waals surface area contributed by atoms with Crippen molar-refractivity contribution in [3.8, 4) is 0 Å². The molecule has 4 N–H and O–H groups in total. The Bertz CT molecular complexity index is 2150. The number of likely N-dealkylation sites (tertiary alicyclic amines) is 1. The SMILES string of the molecule is Nc1nc(/C(=N/OC2CCCC2)C(=O)N[C@@H]2C(=O)N3C(C(=O)[O-])=C(C=C4CCN(Cc5cc[n+](CC(=O)Nc6ccc(F)c(F)c6)cc5)C4=O)CS[C@H]23)cs1. The third-order valence-electron chi connectivity index (χ3n) is 9.48. The standard InChI is InChI=1S/C36H34F2N8O7S2/c37-24-6-5-22(14-25(24)38)40-27(47)16-44-10-7-19(8-11-44)15-45-12-9-20(32(45)49)13-21-17-54-34-29(33(50)46(34)30(21)35(51)52)42-31(48)28(26-18-55-36(39)41-26)43-53-23-3-1-2-4-23/h5-8,10-11,13-14,18,23,29,34H,1-4,9,12,15-17H2,(H4-,39,40,41,42,47,48,51,52)/b20-13?,43-28-/t29-,34-/m1/s1. The highest BCUT2D eigenvalue weighted by molar-refractivity contribution is 8.00. The van der Waals surface area contributed by atoms with Gasteiger partial charge in [-0.1, -0.05) is 5.16 Å². The van der Waals surface area contributed by atoms with Gasteiger partial charge in [0.15, 0.2) is 34.9 Å². The molecule has 1 aromatic carbocycles. The third kappa shape index (κ3) is 8.21. The number of thioether (sulfide) groups is 1. The predicted octanol–water partition coefficient (Wildman–Crippen LogP) is 1.36. The number of nitrogens with zero attached hydrogens (tertiary/aromatic N) is 5. The summed E-state index contributed by atoms with van der Waals surface area (Å²) in [6.45, 7) is 0.524. The van der Waals surface area contributed by atoms with E-state index in [0.29, 0.717) is 18.5 Å². The molecule has 3 aromatic rings. The number of anilines is 2. The first-order valence-corrected chi connectivity index (χ1v) is 19.3. The van der Waals surface area contributed by atoms with Gasteiger partial charge in [-0.2, -0.15) is 4.57 Å². The van der Waals surface area contributed by atoms with Crippen molar-refractivity contribution in [3.05, 3.63) is 93.9 Å². The van der Waals surface area contributed by atoms with Gasteiger partial charge in [0.2, 0.25) is 12.5 Å². The number of β-lactam (4-membered cyclic amide) rings is 1. The zero-order valence-corrected chi connectivity index (χ0v) is 30.7. The van der Waals surface area contributed by atoms with E-state index in [1.165, 1.54) is 23.9 Å². The Labute approximate surface area is 320 Å². The maximum atomic E-state index is 13.5. The van der Waals surface area contributed by atoms with Crippen LogP contribution in [0.1, 0.15) is 43.4 Å². The van der Waals surface area contributed by atoms with E-state index in [-0.39, 0.29) is 64.3 Å². The molecule has 2 saturated heterocycles. The minimum atomic E-state index is -1.58. The van der Waals surface area contributed by atoms with Crippen LogP contribution in [0.4, 0.5) is 19.6 Å². The molecule has 0 unspecified atom stereocenters. The molecule has 2 aromatic heterocycles. The molecule has 2 atom stereocenters. The number of nitrogens with two attached hydrogens (primary N) is 1. The summed E-state index contributed by atoms with van der Waals surface area (Å²) in [5.74, 6) is -5.66. The number of halogens is 2. The number of thiazole rings is 1. The Kier molecular flexibility index (Phi) is 10.9. The summed E-state index contributed by atoms with van der Waals surface area (Å²) in [5, 5.41) is 22.7. The van der Waals surface area contributed by atoms with Crippen LogP contribution in [0.15, 0.2) is 76.2 Å². The number of hydrogen-bond acceptors (Lipinski definition) is 12. The van der Waals surface area contributed by atoms with E-state index in [4.69, 9.17) is 10.6 Å². The van der Waals surface area contributed by atoms with Crippen molar-refractivity contribution in [3.63, 3.8) is 0 Å². The average molecular weight is 793 g/mol. The van der Waals surface area contributed by atoms with E-state index in [2.05, 4.69) is 20.8 Å². The molecule has 1 saturated carbocycles. The molecule has 19 heteroatoms. The topological polar surface area (TPSA) is 203 Å². The first-order valence-electron chi connectivity index (χ1n) is 17.3. The summed E-state index contributed by atoms with van der Waals surface area (Å²) in [7, 11) is 0. The summed E-state index contributed by atoms with van der Waals surface area (Å²) in [4.78, 5) is 77.5. The number of aromatic nitrogens is 2. The smallest absolute Gasteiger partial charge is 0.290 e. The molecule has 1 aliphatic carbocycles. The number of aliphatic carboxylic acids is 1. The van der Waals surface area contributed by atoms with Crippen LogP contribution in [0.25, 0.3) is 0 Å². The van der Waals surface area contributed by atoms with Crippen molar-refractivity contribution in [2.24, 2.45) is 5.16 Å². The van der Waals surface area contributed by atoms with Crippen LogP contribution >= 0.6 is 23.1 Å². The van der Waals surface area contributed by atoms with E-state index >= 15 is 0 Å². The molecular weight excluding hydrogens is 759 g/mol. The van der Waals surface area contributed by atoms with Gasteiger partial charge in [-0.25, -0.2) is 13.8 Å². The zero-order chi connectivity index (χ0) is 38.8. The molecule has 5 heterocycles. The Balaban J connectivity index is 0.977. The van der Waals surface area contributed by atoms with Crippen LogP contribution < -0.4 is 26.0 Å². The van der Waals surface area contributed by atoms with Crippen LogP contribution in [-0.4, -0.2) is 79.9 Å². The van der Waals surface area contributed by atoms with E-state index in [9.17, 15) is 37.9 Å². The molecule has 4 aliphatic rings. The van der Waals surface area contributed by atoms with Crippen LogP contribution in [-0.2, 0) is 41.9 Å². The maximum Gasteiger partial charge on any atom is 0.290 e. The predicted molar refractivity (Wildman–Crippen MR) is 193 cm³/mol. The van der Waals surface area contributed by atoms with Crippen molar-refractivity contribution in [2.75, 3.05) is 23.3 Å². The number of nitrogens with one attached hydrogen (secondary N) is 2. The number of carboxylic acid groups (broad SMARTS) is 1. The van der Waals surface area contributed by atoms with Crippen molar-refractivity contribution in [1.82, 2.24) is 20.1 Å². The quantitative estimate of drug-likeness (QED) is 0.0790. The number of carbonyl (C=O) groups is 5. The second-order valence-electron chi connectivity index (χ2n) is 13.2. The van der Waals surface area contributed by atoms with E-state index in [0.717, 1.165) is 59.6 Å². The molecule has 55 heavy (non-hydrogen) atoms. The molecule has 0 spiro atoms. The molecule has 0 bridgehead atoms. The van der Waals surface area contributed by atoms with Gasteiger partial charge in [0.05, 0.1) is 11.7 Å². The van der Waals surface area contributed by atoms with Gasteiger partial charge in [-0.3, -0.25) is 24.1 Å². The maximum absolute atomic E-state index is 13.5. The first-order chi connectivity index (χ1) is 26.4. The number of allylic oxidation sites excluding steroid dienone is 1. The van der Waals surface area contributed by atoms with Crippen molar-refractivity contribution < 1.29 is 47.3 Å². The number of benzene rings is 1. The summed E-state index contributed by atoms with van der Waals surface area (Å²) < 4.78 is 28.2. The van der Waals surface area contributed by atoms with Gasteiger partial charge in [0.1, 0.15) is 23.2 Å². The number of nitrogen functional groups attached to an aromatic ring is 1. The Morgan fingerprint density at radius 1 is 1.13 bits per heavy atom. The Hall–Kier alpha value is -5.69. The molecule has 286 valence electrons. The lowest BCUT2D eigenvalue weighted by atomic mass is 10.0. The van der Waals surface area contributed by atoms with Crippen LogP contribution in [0.2, 0.25) is 0 Å². The number of rotatable bonds is 12. The number of oxime groups is 1. The lowest BCUT2D eigenvalue weighted by Crippen LogP contribution is -2.71. The highest BCUT2D eigenvalue weighted by atomic mass is 32.2. The largest absolute Gasteiger partial charge is 0.543 e. The molecule has 15 nitrogen and oxygen atoms in total. The first kappa shape index (κ1) is 37.6. The lowest BCUT2D eigenvalue weighted by Gasteiger charge is -2.50. The number of carbonyl (C=O) groups excluding carboxylic acids is 5. The minimum absolute atomic E-state index is 0.0943. The number of hydrogen-bond donors (Lipinski definition) is 3. The van der Waals surface area contributed by atoms with Crippen molar-refractivity contribution in [2.45, 2.75) is 62.7 Å². The number of pyridine rings is 1. The van der Waals surface area contributed by atoms with Gasteiger partial charge >= 0.3 is 0 Å². The summed E-state index contributed by atoms with van der Waals surface area (Å²) >= 11 is 2.36. The van der Waals surface area contributed by atoms with Gasteiger partial charge in [0, 0.05) is 53.7 Å². The Morgan fingerprint density at radius 3 is 2.58 bits per heavy atom. The Morgan fingerprint density at radius 2 is 1.89 bits per heavy atom. The number of amides is 4. The normalized spacial score (nSPS) is 20.8. The summed E-state index contributed by atoms with van der Waals surface area (Å²) in [6, 6.07) is 5.48. The highest BCUT2D eigenvalue weighted by Crippen LogP contribution is 2.41. The van der Waals surface area contributed by atoms with E-state index in [1.54, 1.807) is 39.4 Å². The second kappa shape index (κ2) is 16.0. The lowest BCUT2D eigenvalue weighted by molar-refractivity contribution is -0.684. The molecule has 7 rings (SSSR count). The minimum Gasteiger partial charge on any atom is -0.543 e. The summed E-state index contributed by atoms with van der Waals surface area (Å²) in [6.07, 6.45) is 8.58. The van der Waals surface area contributed by atoms with E-state index in [1.807, 2.05) is 0 Å². The molecule has 0 radical (unpaired) electrons. The van der Waals surface area contributed by atoms with Crippen LogP contribution in [0.3, 0.4) is 0 Å². The van der Waals surface area contributed by atoms with Gasteiger partial charge in [-0.05, 0) is 61.4 Å². The molecule has 3 aliphatic heterocycles. The van der Waals surface area contributed by atoms with Crippen LogP contribution in [0, 0.1) is 11.6 Å². The number of carboxylic acids is 1. The molecule has 4 amide bonds. The fraction of sp³-hybridized carbons (Fsp3) is 0.333. The molecular formula is C36H34F2N8O7S2. The highest BCUT2D eigenvalue weighted by Gasteiger charge is 2.53. The fourth-order valence-electron chi connectivity index (χ4n) is 6.70. The average Bonchev–Trinajstić information content (AvgIpc) is 3.92. The van der Waals surface area contributed by atoms with Crippen LogP contribution in [0.5, 0.6) is 0 Å². The van der Waals surface area contributed by atoms with E-state index < -0.39 is 46.7 Å². The summed E-state index contributed by atoms with van der Waals surface area (Å²) in [5.41, 5.74) is 6.99. The van der Waals surface area contributed by atoms with Crippen molar-refractivity contribution in [1.29, 1.82) is 0 Å². The fourth-order valence-corrected chi connectivity index (χ4v) is 8.55. The van der Waals surface area contributed by atoms with Crippen molar-refractivity contribution >= 4 is 69.2 Å². The zero-order valence-electron chi connectivity index (χ0n) is 29.0.